The molecule has 3 heterocycles. The fourth-order valence-corrected chi connectivity index (χ4v) is 5.22. The Morgan fingerprint density at radius 2 is 1.69 bits per heavy atom. The van der Waals surface area contributed by atoms with Crippen molar-refractivity contribution in [1.29, 1.82) is 0 Å². The first-order valence-electron chi connectivity index (χ1n) is 10.5. The van der Waals surface area contributed by atoms with Crippen molar-refractivity contribution in [2.45, 2.75) is 31.9 Å². The topological polar surface area (TPSA) is 67.6 Å². The van der Waals surface area contributed by atoms with Gasteiger partial charge in [0.25, 0.3) is 5.91 Å². The van der Waals surface area contributed by atoms with E-state index < -0.39 is 11.7 Å². The summed E-state index contributed by atoms with van der Waals surface area (Å²) in [5.74, 6) is -0.122. The molecule has 1 aliphatic heterocycles. The summed E-state index contributed by atoms with van der Waals surface area (Å²) in [6, 6.07) is 9.07. The van der Waals surface area contributed by atoms with Crippen LogP contribution in [0.2, 0.25) is 0 Å². The lowest BCUT2D eigenvalue weighted by Crippen LogP contribution is -2.31. The molecule has 5 rings (SSSR count). The predicted molar refractivity (Wildman–Crippen MR) is 109 cm³/mol. The number of benzene rings is 1. The third-order valence-corrected chi connectivity index (χ3v) is 6.74. The van der Waals surface area contributed by atoms with Crippen LogP contribution in [0.5, 0.6) is 0 Å². The highest BCUT2D eigenvalue weighted by Gasteiger charge is 2.45. The number of carbonyl (C=O) groups is 2. The molecule has 9 heteroatoms. The van der Waals surface area contributed by atoms with E-state index in [2.05, 4.69) is 10.2 Å². The van der Waals surface area contributed by atoms with Crippen LogP contribution in [-0.2, 0) is 6.18 Å². The van der Waals surface area contributed by atoms with Crippen molar-refractivity contribution in [3.05, 3.63) is 65.1 Å². The zero-order valence-corrected chi connectivity index (χ0v) is 17.3. The second-order valence-electron chi connectivity index (χ2n) is 8.71. The minimum absolute atomic E-state index is 0.125. The molecular weight excluding hydrogens is 421 g/mol. The summed E-state index contributed by atoms with van der Waals surface area (Å²) in [5.41, 5.74) is 0.721. The number of ketones is 1. The molecule has 2 fully saturated rings. The zero-order valence-electron chi connectivity index (χ0n) is 17.3. The Hall–Kier alpha value is -3.23. The minimum Gasteiger partial charge on any atom is -0.335 e. The molecule has 0 unspecified atom stereocenters. The van der Waals surface area contributed by atoms with E-state index in [9.17, 15) is 22.8 Å². The molecule has 0 bridgehead atoms. The Balaban J connectivity index is 1.34. The molecule has 1 saturated heterocycles. The number of Topliss-reactive ketones (excluding diaryl/α,β-unsaturated/α-hetero) is 1. The van der Waals surface area contributed by atoms with E-state index in [1.54, 1.807) is 35.4 Å². The van der Waals surface area contributed by atoms with Crippen LogP contribution in [0.15, 0.2) is 42.6 Å². The van der Waals surface area contributed by atoms with Crippen molar-refractivity contribution in [2.24, 2.45) is 11.8 Å². The number of hydrogen-bond donors (Lipinski definition) is 0. The van der Waals surface area contributed by atoms with Crippen molar-refractivity contribution in [3.63, 3.8) is 0 Å². The number of hydrogen-bond acceptors (Lipinski definition) is 4. The Morgan fingerprint density at radius 3 is 2.34 bits per heavy atom. The van der Waals surface area contributed by atoms with E-state index in [0.29, 0.717) is 42.7 Å². The quantitative estimate of drug-likeness (QED) is 0.570. The minimum atomic E-state index is -4.37. The number of halogens is 3. The van der Waals surface area contributed by atoms with E-state index in [4.69, 9.17) is 0 Å². The van der Waals surface area contributed by atoms with Gasteiger partial charge in [0, 0.05) is 24.8 Å². The lowest BCUT2D eigenvalue weighted by atomic mass is 9.91. The monoisotopic (exact) mass is 442 g/mol. The van der Waals surface area contributed by atoms with Gasteiger partial charge in [0.2, 0.25) is 5.82 Å². The van der Waals surface area contributed by atoms with E-state index in [1.165, 1.54) is 17.4 Å². The Labute approximate surface area is 182 Å². The molecule has 6 nitrogen and oxygen atoms in total. The Bertz CT molecular complexity index is 1210. The van der Waals surface area contributed by atoms with Gasteiger partial charge < -0.3 is 4.90 Å². The molecule has 1 amide bonds. The van der Waals surface area contributed by atoms with E-state index in [0.717, 1.165) is 6.07 Å². The van der Waals surface area contributed by atoms with Crippen LogP contribution >= 0.6 is 0 Å². The van der Waals surface area contributed by atoms with Crippen LogP contribution in [-0.4, -0.2) is 44.3 Å². The van der Waals surface area contributed by atoms with Crippen molar-refractivity contribution in [1.82, 2.24) is 19.5 Å². The standard InChI is InChI=1S/C23H21F3N4O2/c1-13(31)14-6-7-20-27-28-21(30(20)12-14)22(32)29-10-16-8-15(9-17(16)11-29)18-4-2-3-5-19(18)23(24,25)26/h2-7,12,15-17H,8-11H2,1H3/t15-,16-,17+. The summed E-state index contributed by atoms with van der Waals surface area (Å²) in [5, 5.41) is 8.04. The van der Waals surface area contributed by atoms with Gasteiger partial charge in [-0.1, -0.05) is 18.2 Å². The summed E-state index contributed by atoms with van der Waals surface area (Å²) in [7, 11) is 0. The summed E-state index contributed by atoms with van der Waals surface area (Å²) in [6.07, 6.45) is -1.57. The number of alkyl halides is 3. The average molecular weight is 442 g/mol. The van der Waals surface area contributed by atoms with Gasteiger partial charge >= 0.3 is 6.18 Å². The van der Waals surface area contributed by atoms with Crippen LogP contribution in [0, 0.1) is 11.8 Å². The van der Waals surface area contributed by atoms with Crippen LogP contribution in [0.1, 0.15) is 57.8 Å². The molecule has 3 atom stereocenters. The number of rotatable bonds is 3. The molecular formula is C23H21F3N4O2. The fourth-order valence-electron chi connectivity index (χ4n) is 5.22. The second kappa shape index (κ2) is 7.43. The van der Waals surface area contributed by atoms with Crippen LogP contribution in [0.4, 0.5) is 13.2 Å². The number of carbonyl (C=O) groups excluding carboxylic acids is 2. The number of fused-ring (bicyclic) bond motifs is 2. The maximum atomic E-state index is 13.4. The van der Waals surface area contributed by atoms with E-state index in [-0.39, 0.29) is 35.3 Å². The van der Waals surface area contributed by atoms with Crippen molar-refractivity contribution in [2.75, 3.05) is 13.1 Å². The molecule has 3 aromatic rings. The van der Waals surface area contributed by atoms with Gasteiger partial charge in [-0.05, 0) is 61.3 Å². The van der Waals surface area contributed by atoms with Gasteiger partial charge in [0.1, 0.15) is 0 Å². The highest BCUT2D eigenvalue weighted by molar-refractivity contribution is 5.95. The largest absolute Gasteiger partial charge is 0.416 e. The molecule has 32 heavy (non-hydrogen) atoms. The first-order valence-corrected chi connectivity index (χ1v) is 10.5. The molecule has 1 aromatic carbocycles. The van der Waals surface area contributed by atoms with Crippen molar-refractivity contribution < 1.29 is 22.8 Å². The highest BCUT2D eigenvalue weighted by Crippen LogP contribution is 2.49. The molecule has 166 valence electrons. The molecule has 0 N–H and O–H groups in total. The average Bonchev–Trinajstić information content (AvgIpc) is 3.45. The van der Waals surface area contributed by atoms with Gasteiger partial charge in [0.05, 0.1) is 5.56 Å². The summed E-state index contributed by atoms with van der Waals surface area (Å²) in [4.78, 5) is 26.5. The summed E-state index contributed by atoms with van der Waals surface area (Å²) >= 11 is 0. The molecule has 2 aromatic heterocycles. The van der Waals surface area contributed by atoms with Gasteiger partial charge in [-0.15, -0.1) is 10.2 Å². The first-order chi connectivity index (χ1) is 15.2. The number of pyridine rings is 1. The van der Waals surface area contributed by atoms with E-state index in [1.807, 2.05) is 0 Å². The number of aromatic nitrogens is 3. The maximum absolute atomic E-state index is 13.4. The Morgan fingerprint density at radius 1 is 1.00 bits per heavy atom. The molecule has 1 aliphatic carbocycles. The maximum Gasteiger partial charge on any atom is 0.416 e. The lowest BCUT2D eigenvalue weighted by molar-refractivity contribution is -0.138. The highest BCUT2D eigenvalue weighted by atomic mass is 19.4. The first kappa shape index (κ1) is 20.7. The van der Waals surface area contributed by atoms with Gasteiger partial charge in [-0.3, -0.25) is 14.0 Å². The van der Waals surface area contributed by atoms with Gasteiger partial charge in [0.15, 0.2) is 11.4 Å². The lowest BCUT2D eigenvalue weighted by Gasteiger charge is -2.21. The normalized spacial score (nSPS) is 23.0. The third kappa shape index (κ3) is 3.45. The van der Waals surface area contributed by atoms with Crippen LogP contribution in [0.25, 0.3) is 5.65 Å². The van der Waals surface area contributed by atoms with Crippen LogP contribution in [0.3, 0.4) is 0 Å². The summed E-state index contributed by atoms with van der Waals surface area (Å²) < 4.78 is 41.8. The van der Waals surface area contributed by atoms with Gasteiger partial charge in [-0.25, -0.2) is 0 Å². The molecule has 2 aliphatic rings. The van der Waals surface area contributed by atoms with Crippen LogP contribution < -0.4 is 0 Å². The molecule has 1 saturated carbocycles. The smallest absolute Gasteiger partial charge is 0.335 e. The number of amides is 1. The molecule has 0 radical (unpaired) electrons. The summed E-state index contributed by atoms with van der Waals surface area (Å²) in [6.45, 7) is 2.41. The van der Waals surface area contributed by atoms with Gasteiger partial charge in [-0.2, -0.15) is 13.2 Å². The number of nitrogens with zero attached hydrogens (tertiary/aromatic N) is 4. The Kier molecular flexibility index (Phi) is 4.79. The SMILES string of the molecule is CC(=O)c1ccc2nnc(C(=O)N3C[C@H]4C[C@@H](c5ccccc5C(F)(F)F)C[C@H]4C3)n2c1. The molecule has 0 spiro atoms. The van der Waals surface area contributed by atoms with Crippen molar-refractivity contribution in [3.8, 4) is 0 Å². The van der Waals surface area contributed by atoms with Crippen molar-refractivity contribution >= 4 is 17.3 Å². The number of likely N-dealkylation sites (tertiary alicyclic amines) is 1. The third-order valence-electron chi connectivity index (χ3n) is 6.74. The predicted octanol–water partition coefficient (Wildman–Crippen LogP) is 4.22. The second-order valence-corrected chi connectivity index (χ2v) is 8.71. The van der Waals surface area contributed by atoms with E-state index >= 15 is 0 Å². The fraction of sp³-hybridized carbons (Fsp3) is 0.391. The zero-order chi connectivity index (χ0) is 22.6.